The zero-order chi connectivity index (χ0) is 60.5. The second-order valence-corrected chi connectivity index (χ2v) is 26.3. The third-order valence-electron chi connectivity index (χ3n) is 15.6. The zero-order valence-corrected chi connectivity index (χ0v) is 56.1. The van der Waals surface area contributed by atoms with Gasteiger partial charge in [-0.15, -0.1) is 0 Å². The first kappa shape index (κ1) is 80.4. The fourth-order valence-electron chi connectivity index (χ4n) is 10.2. The molecule has 3 unspecified atom stereocenters. The van der Waals surface area contributed by atoms with Crippen LogP contribution in [0.15, 0.2) is 97.2 Å². The van der Waals surface area contributed by atoms with E-state index in [0.717, 1.165) is 103 Å². The fraction of sp³-hybridized carbons (Fsp3) is 0.770. The van der Waals surface area contributed by atoms with Crippen LogP contribution < -0.4 is 5.32 Å². The van der Waals surface area contributed by atoms with Crippen molar-refractivity contribution in [3.8, 4) is 0 Å². The predicted octanol–water partition coefficient (Wildman–Crippen LogP) is 22.5. The Hall–Kier alpha value is -2.58. The molecule has 0 spiro atoms. The lowest BCUT2D eigenvalue weighted by molar-refractivity contribution is -0.870. The highest BCUT2D eigenvalue weighted by atomic mass is 31.2. The molecule has 3 N–H and O–H groups in total. The Kier molecular flexibility index (Phi) is 61.9. The minimum Gasteiger partial charge on any atom is -0.391 e. The topological polar surface area (TPSA) is 105 Å². The van der Waals surface area contributed by atoms with Gasteiger partial charge in [-0.2, -0.15) is 0 Å². The average molecular weight is 1180 g/mol. The van der Waals surface area contributed by atoms with E-state index in [4.69, 9.17) is 9.05 Å². The van der Waals surface area contributed by atoms with Crippen molar-refractivity contribution in [2.75, 3.05) is 40.9 Å². The largest absolute Gasteiger partial charge is 0.472 e. The number of likely N-dealkylation sites (N-methyl/N-ethyl adjacent to an activating group) is 1. The summed E-state index contributed by atoms with van der Waals surface area (Å²) in [6, 6.07) is -0.778. The van der Waals surface area contributed by atoms with Crippen LogP contribution in [0.25, 0.3) is 0 Å². The Balaban J connectivity index is 4.12. The lowest BCUT2D eigenvalue weighted by Crippen LogP contribution is -2.46. The quantitative estimate of drug-likeness (QED) is 0.0243. The van der Waals surface area contributed by atoms with Gasteiger partial charge in [0.05, 0.1) is 39.9 Å². The number of phosphoric ester groups is 1. The molecular formula is C74H136N2O6P+. The van der Waals surface area contributed by atoms with E-state index >= 15 is 0 Å². The Labute approximate surface area is 515 Å². The molecule has 83 heavy (non-hydrogen) atoms. The number of phosphoric acid groups is 1. The highest BCUT2D eigenvalue weighted by molar-refractivity contribution is 7.47. The first-order chi connectivity index (χ1) is 40.5. The fourth-order valence-corrected chi connectivity index (χ4v) is 10.9. The Morgan fingerprint density at radius 1 is 0.422 bits per heavy atom. The van der Waals surface area contributed by atoms with Crippen LogP contribution in [0.4, 0.5) is 0 Å². The number of carbonyl (C=O) groups excluding carboxylic acids is 1. The maximum Gasteiger partial charge on any atom is 0.472 e. The summed E-state index contributed by atoms with van der Waals surface area (Å²) in [5.74, 6) is -0.159. The molecule has 0 bridgehead atoms. The average Bonchev–Trinajstić information content (AvgIpc) is 3.49. The molecule has 0 fully saturated rings. The summed E-state index contributed by atoms with van der Waals surface area (Å²) in [6.45, 7) is 4.79. The third-order valence-corrected chi connectivity index (χ3v) is 16.6. The number of amides is 1. The lowest BCUT2D eigenvalue weighted by Gasteiger charge is -2.26. The van der Waals surface area contributed by atoms with E-state index in [1.807, 2.05) is 21.1 Å². The molecule has 0 radical (unpaired) electrons. The molecule has 0 aromatic heterocycles. The molecule has 0 aliphatic rings. The van der Waals surface area contributed by atoms with Crippen LogP contribution in [0.5, 0.6) is 0 Å². The van der Waals surface area contributed by atoms with Crippen LogP contribution >= 0.6 is 7.82 Å². The number of unbranched alkanes of at least 4 members (excludes halogenated alkanes) is 35. The highest BCUT2D eigenvalue weighted by Crippen LogP contribution is 2.43. The number of aliphatic hydroxyl groups excluding tert-OH is 1. The van der Waals surface area contributed by atoms with Crippen LogP contribution in [0, 0.1) is 0 Å². The molecule has 1 amide bonds. The molecule has 0 aliphatic heterocycles. The summed E-state index contributed by atoms with van der Waals surface area (Å²) in [7, 11) is 1.60. The standard InChI is InChI=1S/C74H135N2O6P/c1-6-8-10-12-14-16-18-20-22-24-26-28-30-32-34-36-38-40-42-44-46-48-50-52-54-56-58-60-62-64-66-68-74(78)75-72(71-82-83(79,80)81-70-69-76(3,4)5)73(77)67-65-63-61-59-57-55-53-51-49-47-45-43-41-39-37-35-33-31-29-27-25-23-21-19-17-15-13-11-9-7-2/h8,10,14,16,20,22,26,28,32,34,38,40,44,46,50,52,72-73,77H,6-7,9,11-13,15,17-19,21,23-25,27,29-31,33,35-37,39,41-43,45,47-49,51,53-71H2,1-5H3,(H-,75,78,79,80)/p+1/b10-8-,16-14-,22-20-,28-26-,34-32-,40-38-,46-44-,52-50-. The number of allylic oxidation sites excluding steroid dienone is 16. The van der Waals surface area contributed by atoms with Gasteiger partial charge >= 0.3 is 7.82 Å². The Morgan fingerprint density at radius 3 is 1.06 bits per heavy atom. The van der Waals surface area contributed by atoms with Crippen LogP contribution in [-0.4, -0.2) is 73.4 Å². The van der Waals surface area contributed by atoms with Crippen LogP contribution in [0.1, 0.15) is 316 Å². The van der Waals surface area contributed by atoms with Crippen molar-refractivity contribution >= 4 is 13.7 Å². The van der Waals surface area contributed by atoms with Gasteiger partial charge in [0, 0.05) is 6.42 Å². The maximum absolute atomic E-state index is 13.1. The van der Waals surface area contributed by atoms with Crippen molar-refractivity contribution in [1.29, 1.82) is 0 Å². The molecule has 0 aliphatic carbocycles. The van der Waals surface area contributed by atoms with E-state index in [1.54, 1.807) is 0 Å². The summed E-state index contributed by atoms with van der Waals surface area (Å²) in [6.07, 6.45) is 92.2. The van der Waals surface area contributed by atoms with Crippen molar-refractivity contribution < 1.29 is 32.9 Å². The van der Waals surface area contributed by atoms with Crippen molar-refractivity contribution in [2.24, 2.45) is 0 Å². The molecule has 9 heteroatoms. The number of quaternary nitrogens is 1. The van der Waals surface area contributed by atoms with Gasteiger partial charge in [0.25, 0.3) is 0 Å². The van der Waals surface area contributed by atoms with Gasteiger partial charge in [-0.25, -0.2) is 4.57 Å². The van der Waals surface area contributed by atoms with E-state index in [2.05, 4.69) is 116 Å². The molecule has 0 aromatic rings. The monoisotopic (exact) mass is 1180 g/mol. The van der Waals surface area contributed by atoms with Gasteiger partial charge < -0.3 is 19.8 Å². The summed E-state index contributed by atoms with van der Waals surface area (Å²) in [4.78, 5) is 23.5. The van der Waals surface area contributed by atoms with Crippen molar-refractivity contribution in [1.82, 2.24) is 5.32 Å². The molecule has 0 rings (SSSR count). The first-order valence-corrected chi connectivity index (χ1v) is 36.6. The summed E-state index contributed by atoms with van der Waals surface area (Å²) in [5, 5.41) is 14.1. The SMILES string of the molecule is CC/C=C\C/C=C\C/C=C\C/C=C\C/C=C\C/C=C\C/C=C\C/C=C\CCCCCCCCC(=O)NC(COP(=O)(O)OCC[N+](C)(C)C)C(O)CCCCCCCCCCCCCCCCCCCCCCCCCCCCCCCC. The van der Waals surface area contributed by atoms with Gasteiger partial charge in [0.1, 0.15) is 13.2 Å². The second kappa shape index (κ2) is 63.9. The van der Waals surface area contributed by atoms with Crippen molar-refractivity contribution in [3.05, 3.63) is 97.2 Å². The van der Waals surface area contributed by atoms with Crippen molar-refractivity contribution in [3.63, 3.8) is 0 Å². The van der Waals surface area contributed by atoms with E-state index in [-0.39, 0.29) is 19.1 Å². The number of aliphatic hydroxyl groups is 1. The molecule has 8 nitrogen and oxygen atoms in total. The van der Waals surface area contributed by atoms with E-state index in [0.29, 0.717) is 23.9 Å². The van der Waals surface area contributed by atoms with Crippen LogP contribution in [0.3, 0.4) is 0 Å². The number of rotatable bonds is 64. The number of hydrogen-bond acceptors (Lipinski definition) is 5. The smallest absolute Gasteiger partial charge is 0.391 e. The molecular weight excluding hydrogens is 1040 g/mol. The molecule has 0 heterocycles. The van der Waals surface area contributed by atoms with Gasteiger partial charge in [-0.3, -0.25) is 13.8 Å². The normalized spacial score (nSPS) is 14.3. The third kappa shape index (κ3) is 66.8. The zero-order valence-electron chi connectivity index (χ0n) is 55.2. The number of nitrogens with zero attached hydrogens (tertiary/aromatic N) is 1. The van der Waals surface area contributed by atoms with E-state index < -0.39 is 20.0 Å². The number of nitrogens with one attached hydrogen (secondary N) is 1. The van der Waals surface area contributed by atoms with E-state index in [1.165, 1.54) is 186 Å². The Bertz CT molecular complexity index is 1670. The predicted molar refractivity (Wildman–Crippen MR) is 364 cm³/mol. The summed E-state index contributed by atoms with van der Waals surface area (Å²) >= 11 is 0. The minimum atomic E-state index is -4.34. The molecule has 0 saturated carbocycles. The van der Waals surface area contributed by atoms with Gasteiger partial charge in [-0.1, -0.05) is 329 Å². The molecule has 3 atom stereocenters. The highest BCUT2D eigenvalue weighted by Gasteiger charge is 2.28. The minimum absolute atomic E-state index is 0.0671. The molecule has 0 saturated heterocycles. The molecule has 0 aromatic carbocycles. The van der Waals surface area contributed by atoms with Crippen LogP contribution in [0.2, 0.25) is 0 Å². The van der Waals surface area contributed by atoms with Crippen molar-refractivity contribution in [2.45, 2.75) is 328 Å². The maximum atomic E-state index is 13.1. The molecule has 482 valence electrons. The van der Waals surface area contributed by atoms with Gasteiger partial charge in [0.15, 0.2) is 0 Å². The Morgan fingerprint density at radius 2 is 0.723 bits per heavy atom. The number of hydrogen-bond donors (Lipinski definition) is 3. The van der Waals surface area contributed by atoms with E-state index in [9.17, 15) is 19.4 Å². The van der Waals surface area contributed by atoms with Gasteiger partial charge in [-0.05, 0) is 77.0 Å². The van der Waals surface area contributed by atoms with Gasteiger partial charge in [0.2, 0.25) is 5.91 Å². The van der Waals surface area contributed by atoms with Crippen LogP contribution in [-0.2, 0) is 18.4 Å². The lowest BCUT2D eigenvalue weighted by atomic mass is 10.0. The summed E-state index contributed by atoms with van der Waals surface area (Å²) in [5.41, 5.74) is 0. The summed E-state index contributed by atoms with van der Waals surface area (Å²) < 4.78 is 23.9. The number of carbonyl (C=O) groups is 1. The second-order valence-electron chi connectivity index (χ2n) is 24.9. The first-order valence-electron chi connectivity index (χ1n) is 35.1.